The number of carbonyl (C=O) groups is 3. The SMILES string of the molecule is CC/C=C\C/C=C\C/C=C\C/C=C\C/C=C\C/C=C\C/C=C\CCCC(=O)OCC(COC(=O)CCCCCCCC)OC(=O)CCCCCCCCCCCCCCCCCCCC. The Labute approximate surface area is 401 Å². The highest BCUT2D eigenvalue weighted by Gasteiger charge is 2.19. The molecule has 0 aromatic heterocycles. The van der Waals surface area contributed by atoms with E-state index >= 15 is 0 Å². The molecule has 0 bridgehead atoms. The lowest BCUT2D eigenvalue weighted by molar-refractivity contribution is -0.167. The van der Waals surface area contributed by atoms with Gasteiger partial charge in [-0.05, 0) is 70.6 Å². The fraction of sp³-hybridized carbons (Fsp3) is 0.712. The minimum absolute atomic E-state index is 0.0931. The Bertz CT molecular complexity index is 1270. The van der Waals surface area contributed by atoms with E-state index in [1.54, 1.807) is 0 Å². The average Bonchev–Trinajstić information content (AvgIpc) is 3.30. The minimum atomic E-state index is -0.795. The second kappa shape index (κ2) is 53.2. The number of rotatable bonds is 48. The number of esters is 3. The van der Waals surface area contributed by atoms with Gasteiger partial charge in [-0.2, -0.15) is 0 Å². The number of carbonyl (C=O) groups excluding carboxylic acids is 3. The van der Waals surface area contributed by atoms with E-state index < -0.39 is 6.10 Å². The van der Waals surface area contributed by atoms with E-state index in [2.05, 4.69) is 106 Å². The molecule has 0 aliphatic rings. The summed E-state index contributed by atoms with van der Waals surface area (Å²) in [7, 11) is 0. The van der Waals surface area contributed by atoms with Crippen LogP contribution in [-0.2, 0) is 28.6 Å². The summed E-state index contributed by atoms with van der Waals surface area (Å²) in [6.45, 7) is 6.43. The Morgan fingerprint density at radius 2 is 0.600 bits per heavy atom. The van der Waals surface area contributed by atoms with Crippen molar-refractivity contribution < 1.29 is 28.6 Å². The Balaban J connectivity index is 4.29. The van der Waals surface area contributed by atoms with E-state index in [4.69, 9.17) is 14.2 Å². The van der Waals surface area contributed by atoms with Crippen molar-refractivity contribution in [3.63, 3.8) is 0 Å². The summed E-state index contributed by atoms with van der Waals surface area (Å²) in [4.78, 5) is 37.8. The maximum absolute atomic E-state index is 12.8. The number of hydrogen-bond donors (Lipinski definition) is 0. The quantitative estimate of drug-likeness (QED) is 0.0262. The molecular weight excluding hydrogens is 805 g/mol. The van der Waals surface area contributed by atoms with Crippen LogP contribution in [0.5, 0.6) is 0 Å². The molecule has 0 saturated carbocycles. The summed E-state index contributed by atoms with van der Waals surface area (Å²) in [6, 6.07) is 0. The molecule has 0 aliphatic carbocycles. The van der Waals surface area contributed by atoms with Crippen LogP contribution in [0.25, 0.3) is 0 Å². The first kappa shape index (κ1) is 61.6. The van der Waals surface area contributed by atoms with Crippen LogP contribution < -0.4 is 0 Å². The largest absolute Gasteiger partial charge is 0.462 e. The number of ether oxygens (including phenoxy) is 3. The van der Waals surface area contributed by atoms with Crippen molar-refractivity contribution in [3.05, 3.63) is 85.1 Å². The third-order valence-electron chi connectivity index (χ3n) is 11.4. The minimum Gasteiger partial charge on any atom is -0.462 e. The highest BCUT2D eigenvalue weighted by atomic mass is 16.6. The molecule has 0 saturated heterocycles. The Morgan fingerprint density at radius 1 is 0.323 bits per heavy atom. The van der Waals surface area contributed by atoms with Gasteiger partial charge in [-0.1, -0.05) is 247 Å². The van der Waals surface area contributed by atoms with Crippen LogP contribution in [0.15, 0.2) is 85.1 Å². The van der Waals surface area contributed by atoms with Crippen LogP contribution >= 0.6 is 0 Å². The van der Waals surface area contributed by atoms with E-state index in [-0.39, 0.29) is 37.5 Å². The van der Waals surface area contributed by atoms with Crippen LogP contribution in [0, 0.1) is 0 Å². The van der Waals surface area contributed by atoms with Gasteiger partial charge in [0.2, 0.25) is 0 Å². The van der Waals surface area contributed by atoms with Gasteiger partial charge in [0.25, 0.3) is 0 Å². The van der Waals surface area contributed by atoms with E-state index in [1.165, 1.54) is 116 Å². The molecule has 6 heteroatoms. The Kier molecular flexibility index (Phi) is 50.4. The lowest BCUT2D eigenvalue weighted by Crippen LogP contribution is -2.30. The smallest absolute Gasteiger partial charge is 0.306 e. The summed E-state index contributed by atoms with van der Waals surface area (Å²) in [6.07, 6.45) is 68.9. The topological polar surface area (TPSA) is 78.9 Å². The van der Waals surface area contributed by atoms with Gasteiger partial charge in [0, 0.05) is 19.3 Å². The molecule has 65 heavy (non-hydrogen) atoms. The normalized spacial score (nSPS) is 12.7. The van der Waals surface area contributed by atoms with Crippen molar-refractivity contribution in [2.45, 2.75) is 258 Å². The van der Waals surface area contributed by atoms with E-state index in [1.807, 2.05) is 0 Å². The summed E-state index contributed by atoms with van der Waals surface area (Å²) in [5.41, 5.74) is 0. The molecule has 0 spiro atoms. The van der Waals surface area contributed by atoms with Crippen LogP contribution in [0.2, 0.25) is 0 Å². The molecule has 1 atom stereocenters. The van der Waals surface area contributed by atoms with E-state index in [9.17, 15) is 14.4 Å². The second-order valence-corrected chi connectivity index (χ2v) is 17.8. The monoisotopic (exact) mass is 905 g/mol. The molecule has 372 valence electrons. The molecule has 0 radical (unpaired) electrons. The van der Waals surface area contributed by atoms with Crippen LogP contribution in [0.1, 0.15) is 252 Å². The van der Waals surface area contributed by atoms with Crippen molar-refractivity contribution in [2.24, 2.45) is 0 Å². The molecule has 6 nitrogen and oxygen atoms in total. The van der Waals surface area contributed by atoms with Gasteiger partial charge < -0.3 is 14.2 Å². The van der Waals surface area contributed by atoms with Gasteiger partial charge in [-0.15, -0.1) is 0 Å². The third kappa shape index (κ3) is 51.4. The maximum atomic E-state index is 12.8. The molecule has 0 aromatic rings. The highest BCUT2D eigenvalue weighted by molar-refractivity contribution is 5.71. The van der Waals surface area contributed by atoms with Crippen LogP contribution in [0.3, 0.4) is 0 Å². The van der Waals surface area contributed by atoms with Crippen molar-refractivity contribution in [1.82, 2.24) is 0 Å². The molecular formula is C59H100O6. The van der Waals surface area contributed by atoms with Gasteiger partial charge in [0.05, 0.1) is 0 Å². The van der Waals surface area contributed by atoms with Gasteiger partial charge >= 0.3 is 17.9 Å². The zero-order valence-corrected chi connectivity index (χ0v) is 42.5. The highest BCUT2D eigenvalue weighted by Crippen LogP contribution is 2.16. The first-order valence-corrected chi connectivity index (χ1v) is 27.1. The first-order valence-electron chi connectivity index (χ1n) is 27.1. The average molecular weight is 905 g/mol. The third-order valence-corrected chi connectivity index (χ3v) is 11.4. The molecule has 0 amide bonds. The number of unbranched alkanes of at least 4 members (excludes halogenated alkanes) is 23. The molecule has 0 aromatic carbocycles. The van der Waals surface area contributed by atoms with E-state index in [0.717, 1.165) is 89.9 Å². The van der Waals surface area contributed by atoms with Crippen LogP contribution in [-0.4, -0.2) is 37.2 Å². The fourth-order valence-electron chi connectivity index (χ4n) is 7.37. The predicted octanol–water partition coefficient (Wildman–Crippen LogP) is 18.0. The Morgan fingerprint density at radius 3 is 0.938 bits per heavy atom. The molecule has 0 aliphatic heterocycles. The first-order chi connectivity index (χ1) is 32.0. The molecule has 1 unspecified atom stereocenters. The zero-order valence-electron chi connectivity index (χ0n) is 42.5. The standard InChI is InChI=1S/C59H100O6/c1-4-7-10-13-16-18-20-22-24-26-28-29-30-31-32-34-35-37-39-41-43-46-49-52-58(61)64-55-56(54-63-57(60)51-48-45-15-12-9-6-3)65-59(62)53-50-47-44-42-40-38-36-33-27-25-23-21-19-17-14-11-8-5-2/h7,10,16,18,22,24,28-29,31-32,35,37,41,43,56H,4-6,8-9,11-15,17,19-21,23,25-27,30,33-34,36,38-40,42,44-55H2,1-3H3/b10-7-,18-16-,24-22-,29-28-,32-31-,37-35-,43-41-. The molecule has 0 fully saturated rings. The van der Waals surface area contributed by atoms with Crippen molar-refractivity contribution in [1.29, 1.82) is 0 Å². The van der Waals surface area contributed by atoms with Gasteiger partial charge in [0.1, 0.15) is 13.2 Å². The lowest BCUT2D eigenvalue weighted by Gasteiger charge is -2.18. The van der Waals surface area contributed by atoms with E-state index in [0.29, 0.717) is 19.3 Å². The number of allylic oxidation sites excluding steroid dienone is 14. The Hall–Kier alpha value is -3.41. The molecule has 0 heterocycles. The summed E-state index contributed by atoms with van der Waals surface area (Å²) in [5, 5.41) is 0. The second-order valence-electron chi connectivity index (χ2n) is 17.8. The molecule has 0 N–H and O–H groups in total. The van der Waals surface area contributed by atoms with Gasteiger partial charge in [-0.25, -0.2) is 0 Å². The van der Waals surface area contributed by atoms with Gasteiger partial charge in [0.15, 0.2) is 6.10 Å². The van der Waals surface area contributed by atoms with Crippen molar-refractivity contribution in [2.75, 3.05) is 13.2 Å². The molecule has 0 rings (SSSR count). The van der Waals surface area contributed by atoms with Crippen LogP contribution in [0.4, 0.5) is 0 Å². The zero-order chi connectivity index (χ0) is 47.2. The predicted molar refractivity (Wildman–Crippen MR) is 279 cm³/mol. The van der Waals surface area contributed by atoms with Crippen molar-refractivity contribution >= 4 is 17.9 Å². The summed E-state index contributed by atoms with van der Waals surface area (Å²) < 4.78 is 16.7. The number of hydrogen-bond acceptors (Lipinski definition) is 6. The fourth-order valence-corrected chi connectivity index (χ4v) is 7.37. The van der Waals surface area contributed by atoms with Crippen molar-refractivity contribution in [3.8, 4) is 0 Å². The lowest BCUT2D eigenvalue weighted by atomic mass is 10.0. The maximum Gasteiger partial charge on any atom is 0.306 e. The summed E-state index contributed by atoms with van der Waals surface area (Å²) >= 11 is 0. The summed E-state index contributed by atoms with van der Waals surface area (Å²) in [5.74, 6) is -0.961. The van der Waals surface area contributed by atoms with Gasteiger partial charge in [-0.3, -0.25) is 14.4 Å².